The molecule has 1 amide bonds. The van der Waals surface area contributed by atoms with Crippen LogP contribution in [0.1, 0.15) is 57.3 Å². The summed E-state index contributed by atoms with van der Waals surface area (Å²) < 4.78 is 0. The van der Waals surface area contributed by atoms with E-state index in [2.05, 4.69) is 35.4 Å². The summed E-state index contributed by atoms with van der Waals surface area (Å²) in [6.45, 7) is 8.14. The highest BCUT2D eigenvalue weighted by Gasteiger charge is 2.19. The minimum atomic E-state index is 0.200. The van der Waals surface area contributed by atoms with Gasteiger partial charge >= 0.3 is 0 Å². The largest absolute Gasteiger partial charge is 0.343 e. The van der Waals surface area contributed by atoms with Gasteiger partial charge in [0.1, 0.15) is 0 Å². The summed E-state index contributed by atoms with van der Waals surface area (Å²) in [6.07, 6.45) is 6.30. The van der Waals surface area contributed by atoms with Crippen LogP contribution in [0, 0.1) is 6.92 Å². The van der Waals surface area contributed by atoms with E-state index in [0.717, 1.165) is 43.7 Å². The second-order valence-corrected chi connectivity index (χ2v) is 6.71. The van der Waals surface area contributed by atoms with Gasteiger partial charge in [0.2, 0.25) is 5.91 Å². The molecule has 0 aromatic carbocycles. The molecular weight excluding hydrogens is 276 g/mol. The minimum Gasteiger partial charge on any atom is -0.343 e. The summed E-state index contributed by atoms with van der Waals surface area (Å²) in [7, 11) is 0. The highest BCUT2D eigenvalue weighted by molar-refractivity contribution is 5.76. The third kappa shape index (κ3) is 5.44. The number of likely N-dealkylation sites (tertiary alicyclic amines) is 1. The van der Waals surface area contributed by atoms with Crippen molar-refractivity contribution in [1.82, 2.24) is 20.4 Å². The van der Waals surface area contributed by atoms with Gasteiger partial charge in [-0.15, -0.1) is 0 Å². The van der Waals surface area contributed by atoms with Gasteiger partial charge in [0, 0.05) is 43.7 Å². The molecule has 1 aromatic rings. The van der Waals surface area contributed by atoms with Gasteiger partial charge in [-0.05, 0) is 39.7 Å². The van der Waals surface area contributed by atoms with Crippen LogP contribution >= 0.6 is 0 Å². The molecule has 1 saturated heterocycles. The molecule has 5 nitrogen and oxygen atoms in total. The normalized spacial score (nSPS) is 18.8. The van der Waals surface area contributed by atoms with Gasteiger partial charge in [-0.1, -0.05) is 12.8 Å². The van der Waals surface area contributed by atoms with Crippen molar-refractivity contribution in [2.75, 3.05) is 13.1 Å². The molecule has 2 heterocycles. The van der Waals surface area contributed by atoms with Crippen LogP contribution < -0.4 is 5.32 Å². The first-order valence-corrected chi connectivity index (χ1v) is 8.59. The maximum atomic E-state index is 12.4. The predicted molar refractivity (Wildman–Crippen MR) is 88.8 cm³/mol. The molecule has 1 aromatic heterocycles. The minimum absolute atomic E-state index is 0.200. The van der Waals surface area contributed by atoms with Gasteiger partial charge in [0.15, 0.2) is 0 Å². The van der Waals surface area contributed by atoms with Gasteiger partial charge in [-0.3, -0.25) is 9.89 Å². The van der Waals surface area contributed by atoms with E-state index in [4.69, 9.17) is 0 Å². The van der Waals surface area contributed by atoms with E-state index in [1.807, 2.05) is 11.8 Å². The Balaban J connectivity index is 1.73. The van der Waals surface area contributed by atoms with Gasteiger partial charge < -0.3 is 10.2 Å². The second-order valence-electron chi connectivity index (χ2n) is 6.71. The monoisotopic (exact) mass is 306 g/mol. The van der Waals surface area contributed by atoms with Crippen LogP contribution in [-0.2, 0) is 11.2 Å². The van der Waals surface area contributed by atoms with E-state index in [-0.39, 0.29) is 6.04 Å². The third-order valence-electron chi connectivity index (χ3n) is 4.28. The molecule has 0 spiro atoms. The Morgan fingerprint density at radius 1 is 1.27 bits per heavy atom. The van der Waals surface area contributed by atoms with Gasteiger partial charge in [-0.25, -0.2) is 0 Å². The maximum Gasteiger partial charge on any atom is 0.224 e. The Morgan fingerprint density at radius 2 is 1.95 bits per heavy atom. The average Bonchev–Trinajstić information content (AvgIpc) is 2.71. The van der Waals surface area contributed by atoms with Crippen LogP contribution in [0.25, 0.3) is 0 Å². The molecule has 2 rings (SSSR count). The number of H-pyrrole nitrogens is 1. The summed E-state index contributed by atoms with van der Waals surface area (Å²) in [5.41, 5.74) is 2.16. The zero-order valence-electron chi connectivity index (χ0n) is 14.2. The smallest absolute Gasteiger partial charge is 0.224 e. The zero-order chi connectivity index (χ0) is 15.9. The summed E-state index contributed by atoms with van der Waals surface area (Å²) in [5.74, 6) is 0.296. The fraction of sp³-hybridized carbons (Fsp3) is 0.765. The number of nitrogens with zero attached hydrogens (tertiary/aromatic N) is 2. The summed E-state index contributed by atoms with van der Waals surface area (Å²) in [4.78, 5) is 14.4. The fourth-order valence-corrected chi connectivity index (χ4v) is 3.21. The number of nitrogens with one attached hydrogen (secondary N) is 2. The molecule has 5 heteroatoms. The number of rotatable bonds is 6. The molecule has 1 aliphatic rings. The SMILES string of the molecule is Cc1cc(C[C@@H](C)N[C@H](C)CC(=O)N2CCCCCC2)n[nH]1. The van der Waals surface area contributed by atoms with Crippen LogP contribution in [-0.4, -0.2) is 46.2 Å². The molecule has 1 fully saturated rings. The summed E-state index contributed by atoms with van der Waals surface area (Å²) in [6, 6.07) is 2.59. The van der Waals surface area contributed by atoms with Crippen LogP contribution in [0.2, 0.25) is 0 Å². The maximum absolute atomic E-state index is 12.4. The standard InChI is InChI=1S/C17H30N4O/c1-13(10-16-11-15(3)19-20-16)18-14(2)12-17(22)21-8-6-4-5-7-9-21/h11,13-14,18H,4-10,12H2,1-3H3,(H,19,20)/t13-,14-/m1/s1. The fourth-order valence-electron chi connectivity index (χ4n) is 3.21. The van der Waals surface area contributed by atoms with Crippen molar-refractivity contribution >= 4 is 5.91 Å². The molecule has 2 atom stereocenters. The molecule has 0 saturated carbocycles. The lowest BCUT2D eigenvalue weighted by atomic mass is 10.1. The van der Waals surface area contributed by atoms with E-state index in [9.17, 15) is 4.79 Å². The van der Waals surface area contributed by atoms with Gasteiger partial charge in [0.05, 0.1) is 5.69 Å². The lowest BCUT2D eigenvalue weighted by molar-refractivity contribution is -0.131. The number of aryl methyl sites for hydroxylation is 1. The van der Waals surface area contributed by atoms with Crippen LogP contribution in [0.4, 0.5) is 0 Å². The lowest BCUT2D eigenvalue weighted by Gasteiger charge is -2.24. The third-order valence-corrected chi connectivity index (χ3v) is 4.28. The topological polar surface area (TPSA) is 61.0 Å². The first kappa shape index (κ1) is 17.0. The predicted octanol–water partition coefficient (Wildman–Crippen LogP) is 2.42. The lowest BCUT2D eigenvalue weighted by Crippen LogP contribution is -2.41. The molecule has 124 valence electrons. The Kier molecular flexibility index (Phi) is 6.43. The summed E-state index contributed by atoms with van der Waals surface area (Å²) >= 11 is 0. The van der Waals surface area contributed by atoms with E-state index < -0.39 is 0 Å². The molecule has 2 N–H and O–H groups in total. The van der Waals surface area contributed by atoms with Crippen molar-refractivity contribution in [3.05, 3.63) is 17.5 Å². The number of hydrogen-bond acceptors (Lipinski definition) is 3. The van der Waals surface area contributed by atoms with Crippen molar-refractivity contribution in [1.29, 1.82) is 0 Å². The Hall–Kier alpha value is -1.36. The van der Waals surface area contributed by atoms with E-state index in [1.165, 1.54) is 12.8 Å². The van der Waals surface area contributed by atoms with Crippen molar-refractivity contribution in [2.24, 2.45) is 0 Å². The van der Waals surface area contributed by atoms with Crippen LogP contribution in [0.5, 0.6) is 0 Å². The van der Waals surface area contributed by atoms with Gasteiger partial charge in [0.25, 0.3) is 0 Å². The number of hydrogen-bond donors (Lipinski definition) is 2. The molecule has 22 heavy (non-hydrogen) atoms. The quantitative estimate of drug-likeness (QED) is 0.848. The molecule has 0 bridgehead atoms. The number of carbonyl (C=O) groups excluding carboxylic acids is 1. The zero-order valence-corrected chi connectivity index (χ0v) is 14.2. The van der Waals surface area contributed by atoms with Crippen molar-refractivity contribution in [3.63, 3.8) is 0 Å². The number of carbonyl (C=O) groups is 1. The van der Waals surface area contributed by atoms with Crippen molar-refractivity contribution in [2.45, 2.75) is 71.4 Å². The molecule has 0 aliphatic carbocycles. The van der Waals surface area contributed by atoms with Gasteiger partial charge in [-0.2, -0.15) is 5.10 Å². The van der Waals surface area contributed by atoms with E-state index in [1.54, 1.807) is 0 Å². The van der Waals surface area contributed by atoms with E-state index >= 15 is 0 Å². The van der Waals surface area contributed by atoms with Crippen molar-refractivity contribution in [3.8, 4) is 0 Å². The molecule has 0 unspecified atom stereocenters. The van der Waals surface area contributed by atoms with Crippen LogP contribution in [0.3, 0.4) is 0 Å². The second kappa shape index (κ2) is 8.32. The molecular formula is C17H30N4O. The Bertz CT molecular complexity index is 463. The first-order chi connectivity index (χ1) is 10.5. The number of aromatic amines is 1. The molecule has 0 radical (unpaired) electrons. The number of aromatic nitrogens is 2. The van der Waals surface area contributed by atoms with Crippen molar-refractivity contribution < 1.29 is 4.79 Å². The number of amides is 1. The van der Waals surface area contributed by atoms with E-state index in [0.29, 0.717) is 18.4 Å². The Morgan fingerprint density at radius 3 is 2.55 bits per heavy atom. The molecule has 1 aliphatic heterocycles. The average molecular weight is 306 g/mol. The first-order valence-electron chi connectivity index (χ1n) is 8.59. The van der Waals surface area contributed by atoms with Crippen LogP contribution in [0.15, 0.2) is 6.07 Å². The summed E-state index contributed by atoms with van der Waals surface area (Å²) in [5, 5.41) is 10.8. The highest BCUT2D eigenvalue weighted by atomic mass is 16.2. The highest BCUT2D eigenvalue weighted by Crippen LogP contribution is 2.12. The Labute approximate surface area is 133 Å².